The second kappa shape index (κ2) is 8.07. The Morgan fingerprint density at radius 1 is 1.11 bits per heavy atom. The highest BCUT2D eigenvalue weighted by Gasteiger charge is 2.31. The molecule has 0 aromatic heterocycles. The first-order valence-electron chi connectivity index (χ1n) is 8.43. The third kappa shape index (κ3) is 4.75. The first-order chi connectivity index (χ1) is 13.0. The van der Waals surface area contributed by atoms with E-state index >= 15 is 0 Å². The molecule has 2 aromatic carbocycles. The van der Waals surface area contributed by atoms with Crippen molar-refractivity contribution < 1.29 is 18.0 Å². The summed E-state index contributed by atoms with van der Waals surface area (Å²) in [5.74, 6) is 0.528. The molecule has 1 amide bonds. The van der Waals surface area contributed by atoms with Crippen LogP contribution in [0.4, 0.5) is 18.9 Å². The van der Waals surface area contributed by atoms with Crippen molar-refractivity contribution in [3.63, 3.8) is 0 Å². The van der Waals surface area contributed by atoms with Crippen molar-refractivity contribution in [2.75, 3.05) is 18.1 Å². The Bertz CT molecular complexity index is 847. The largest absolute Gasteiger partial charge is 0.416 e. The van der Waals surface area contributed by atoms with Crippen LogP contribution in [0.2, 0.25) is 0 Å². The highest BCUT2D eigenvalue weighted by atomic mass is 19.4. The van der Waals surface area contributed by atoms with E-state index in [0.717, 1.165) is 17.7 Å². The van der Waals surface area contributed by atoms with Crippen LogP contribution in [0.1, 0.15) is 17.5 Å². The van der Waals surface area contributed by atoms with Crippen molar-refractivity contribution in [1.82, 2.24) is 4.90 Å². The lowest BCUT2D eigenvalue weighted by atomic mass is 10.2. The maximum atomic E-state index is 12.9. The summed E-state index contributed by atoms with van der Waals surface area (Å²) in [5.41, 5.74) is 0.648. The molecule has 0 radical (unpaired) electrons. The smallest absolute Gasteiger partial charge is 0.298 e. The second-order valence-corrected chi connectivity index (χ2v) is 6.01. The third-order valence-electron chi connectivity index (χ3n) is 4.13. The van der Waals surface area contributed by atoms with Crippen LogP contribution < -0.4 is 5.01 Å². The van der Waals surface area contributed by atoms with Gasteiger partial charge < -0.3 is 0 Å². The van der Waals surface area contributed by atoms with Crippen molar-refractivity contribution >= 4 is 24.0 Å². The summed E-state index contributed by atoms with van der Waals surface area (Å²) < 4.78 is 38.6. The number of anilines is 1. The summed E-state index contributed by atoms with van der Waals surface area (Å²) >= 11 is 0. The van der Waals surface area contributed by atoms with E-state index in [2.05, 4.69) is 5.10 Å². The fourth-order valence-electron chi connectivity index (χ4n) is 2.75. The SMILES string of the molecule is O=CN(CC=Cc1ccccc1)C1=NN(c2cccc(C(F)(F)F)c2)CC1. The summed E-state index contributed by atoms with van der Waals surface area (Å²) in [5, 5.41) is 5.81. The fraction of sp³-hybridized carbons (Fsp3) is 0.200. The van der Waals surface area contributed by atoms with E-state index in [-0.39, 0.29) is 0 Å². The fourth-order valence-corrected chi connectivity index (χ4v) is 2.75. The first kappa shape index (κ1) is 18.7. The molecule has 7 heteroatoms. The van der Waals surface area contributed by atoms with Crippen LogP contribution in [0.15, 0.2) is 65.8 Å². The molecular weight excluding hydrogens is 355 g/mol. The summed E-state index contributed by atoms with van der Waals surface area (Å²) in [6.07, 6.45) is 0.507. The molecule has 0 aliphatic carbocycles. The predicted octanol–water partition coefficient (Wildman–Crippen LogP) is 4.40. The number of carbonyl (C=O) groups excluding carboxylic acids is 1. The van der Waals surface area contributed by atoms with E-state index in [4.69, 9.17) is 0 Å². The number of carbonyl (C=O) groups is 1. The number of halogens is 3. The van der Waals surface area contributed by atoms with E-state index in [1.54, 1.807) is 6.07 Å². The van der Waals surface area contributed by atoms with E-state index in [1.807, 2.05) is 42.5 Å². The first-order valence-corrected chi connectivity index (χ1v) is 8.43. The predicted molar refractivity (Wildman–Crippen MR) is 99.1 cm³/mol. The molecule has 0 unspecified atom stereocenters. The minimum Gasteiger partial charge on any atom is -0.298 e. The number of nitrogens with zero attached hydrogens (tertiary/aromatic N) is 3. The monoisotopic (exact) mass is 373 g/mol. The van der Waals surface area contributed by atoms with Crippen LogP contribution in [0.5, 0.6) is 0 Å². The van der Waals surface area contributed by atoms with Crippen molar-refractivity contribution in [2.24, 2.45) is 5.10 Å². The van der Waals surface area contributed by atoms with E-state index in [0.29, 0.717) is 37.4 Å². The Hall–Kier alpha value is -3.09. The zero-order chi connectivity index (χ0) is 19.3. The van der Waals surface area contributed by atoms with E-state index < -0.39 is 11.7 Å². The molecule has 0 saturated heterocycles. The van der Waals surface area contributed by atoms with Crippen LogP contribution in [-0.4, -0.2) is 30.2 Å². The zero-order valence-corrected chi connectivity index (χ0v) is 14.4. The number of hydrazone groups is 1. The molecular formula is C20H18F3N3O. The lowest BCUT2D eigenvalue weighted by molar-refractivity contribution is -0.137. The van der Waals surface area contributed by atoms with Crippen molar-refractivity contribution in [3.8, 4) is 0 Å². The average molecular weight is 373 g/mol. The van der Waals surface area contributed by atoms with Gasteiger partial charge in [-0.25, -0.2) is 0 Å². The van der Waals surface area contributed by atoms with Crippen LogP contribution in [-0.2, 0) is 11.0 Å². The Morgan fingerprint density at radius 2 is 1.89 bits per heavy atom. The minimum atomic E-state index is -4.40. The lowest BCUT2D eigenvalue weighted by Crippen LogP contribution is -2.28. The van der Waals surface area contributed by atoms with Gasteiger partial charge in [0.1, 0.15) is 5.84 Å². The quantitative estimate of drug-likeness (QED) is 0.729. The minimum absolute atomic E-state index is 0.341. The standard InChI is InChI=1S/C20H18F3N3O/c21-20(22,23)17-9-4-10-18(14-17)26-13-11-19(24-26)25(15-27)12-5-8-16-6-2-1-3-7-16/h1-10,14-15H,11-13H2. The summed E-state index contributed by atoms with van der Waals surface area (Å²) in [7, 11) is 0. The topological polar surface area (TPSA) is 35.9 Å². The Labute approximate surface area is 155 Å². The van der Waals surface area contributed by atoms with Gasteiger partial charge in [-0.1, -0.05) is 48.6 Å². The maximum absolute atomic E-state index is 12.9. The molecule has 0 bridgehead atoms. The van der Waals surface area contributed by atoms with Crippen molar-refractivity contribution in [2.45, 2.75) is 12.6 Å². The van der Waals surface area contributed by atoms with Gasteiger partial charge in [0.25, 0.3) is 0 Å². The highest BCUT2D eigenvalue weighted by Crippen LogP contribution is 2.32. The Kier molecular flexibility index (Phi) is 5.59. The van der Waals surface area contributed by atoms with Crippen LogP contribution in [0.3, 0.4) is 0 Å². The second-order valence-electron chi connectivity index (χ2n) is 6.01. The van der Waals surface area contributed by atoms with Gasteiger partial charge in [0, 0.05) is 19.5 Å². The number of amidine groups is 1. The Balaban J connectivity index is 1.70. The molecule has 0 spiro atoms. The van der Waals surface area contributed by atoms with E-state index in [1.165, 1.54) is 16.0 Å². The van der Waals surface area contributed by atoms with Gasteiger partial charge in [0.05, 0.1) is 11.3 Å². The van der Waals surface area contributed by atoms with Crippen LogP contribution in [0.25, 0.3) is 6.08 Å². The van der Waals surface area contributed by atoms with Crippen LogP contribution >= 0.6 is 0 Å². The molecule has 140 valence electrons. The number of hydrogen-bond acceptors (Lipinski definition) is 3. The van der Waals surface area contributed by atoms with Gasteiger partial charge in [0.15, 0.2) is 0 Å². The van der Waals surface area contributed by atoms with Gasteiger partial charge in [-0.05, 0) is 23.8 Å². The summed E-state index contributed by atoms with van der Waals surface area (Å²) in [6, 6.07) is 14.7. The molecule has 0 saturated carbocycles. The van der Waals surface area contributed by atoms with Crippen molar-refractivity contribution in [1.29, 1.82) is 0 Å². The normalized spacial score (nSPS) is 14.5. The average Bonchev–Trinajstić information content (AvgIpc) is 3.15. The molecule has 0 fully saturated rings. The summed E-state index contributed by atoms with van der Waals surface area (Å²) in [4.78, 5) is 12.9. The zero-order valence-electron chi connectivity index (χ0n) is 14.4. The molecule has 0 N–H and O–H groups in total. The van der Waals surface area contributed by atoms with Gasteiger partial charge in [-0.15, -0.1) is 0 Å². The molecule has 3 rings (SSSR count). The number of rotatable bonds is 5. The van der Waals surface area contributed by atoms with Gasteiger partial charge in [0.2, 0.25) is 6.41 Å². The van der Waals surface area contributed by atoms with E-state index in [9.17, 15) is 18.0 Å². The number of hydrogen-bond donors (Lipinski definition) is 0. The van der Waals surface area contributed by atoms with Gasteiger partial charge in [-0.3, -0.25) is 14.7 Å². The van der Waals surface area contributed by atoms with Crippen LogP contribution in [0, 0.1) is 0 Å². The Morgan fingerprint density at radius 3 is 2.59 bits per heavy atom. The van der Waals surface area contributed by atoms with Crippen molar-refractivity contribution in [3.05, 3.63) is 71.8 Å². The third-order valence-corrected chi connectivity index (χ3v) is 4.13. The maximum Gasteiger partial charge on any atom is 0.416 e. The van der Waals surface area contributed by atoms with Gasteiger partial charge in [-0.2, -0.15) is 18.3 Å². The molecule has 0 atom stereocenters. The molecule has 2 aromatic rings. The van der Waals surface area contributed by atoms with Gasteiger partial charge >= 0.3 is 6.18 Å². The molecule has 1 aliphatic rings. The summed E-state index contributed by atoms with van der Waals surface area (Å²) in [6.45, 7) is 0.761. The number of benzene rings is 2. The highest BCUT2D eigenvalue weighted by molar-refractivity contribution is 5.93. The molecule has 1 heterocycles. The number of alkyl halides is 3. The lowest BCUT2D eigenvalue weighted by Gasteiger charge is -2.16. The molecule has 27 heavy (non-hydrogen) atoms. The molecule has 1 aliphatic heterocycles. The molecule has 4 nitrogen and oxygen atoms in total. The number of amides is 1.